The molecule has 1 nitrogen and oxygen atoms in total. The van der Waals surface area contributed by atoms with E-state index in [1.807, 2.05) is 0 Å². The van der Waals surface area contributed by atoms with Crippen LogP contribution >= 0.6 is 0 Å². The molecule has 17 heavy (non-hydrogen) atoms. The lowest BCUT2D eigenvalue weighted by Gasteiger charge is -2.35. The first-order valence-corrected chi connectivity index (χ1v) is 7.93. The van der Waals surface area contributed by atoms with Crippen LogP contribution in [0.5, 0.6) is 0 Å². The molecule has 2 rings (SSSR count). The van der Waals surface area contributed by atoms with Crippen LogP contribution in [0.15, 0.2) is 0 Å². The fourth-order valence-electron chi connectivity index (χ4n) is 3.95. The van der Waals surface area contributed by atoms with Crippen LogP contribution in [-0.2, 0) is 0 Å². The third kappa shape index (κ3) is 3.71. The predicted octanol–water partition coefficient (Wildman–Crippen LogP) is 4.37. The lowest BCUT2D eigenvalue weighted by molar-refractivity contribution is 0.209. The molecule has 0 spiro atoms. The first-order valence-electron chi connectivity index (χ1n) is 7.93. The Morgan fingerprint density at radius 3 is 2.12 bits per heavy atom. The Morgan fingerprint density at radius 1 is 0.824 bits per heavy atom. The van der Waals surface area contributed by atoms with Crippen LogP contribution in [-0.4, -0.2) is 12.1 Å². The van der Waals surface area contributed by atoms with Crippen molar-refractivity contribution in [3.63, 3.8) is 0 Å². The lowest BCUT2D eigenvalue weighted by atomic mass is 9.79. The molecule has 0 aliphatic heterocycles. The zero-order valence-corrected chi connectivity index (χ0v) is 12.0. The monoisotopic (exact) mass is 237 g/mol. The van der Waals surface area contributed by atoms with Crippen molar-refractivity contribution in [2.75, 3.05) is 0 Å². The van der Waals surface area contributed by atoms with Gasteiger partial charge in [0.1, 0.15) is 0 Å². The molecule has 2 aliphatic rings. The first kappa shape index (κ1) is 13.4. The van der Waals surface area contributed by atoms with E-state index >= 15 is 0 Å². The molecular weight excluding hydrogens is 206 g/mol. The van der Waals surface area contributed by atoms with Crippen LogP contribution in [0, 0.1) is 17.8 Å². The molecule has 0 heterocycles. The van der Waals surface area contributed by atoms with Gasteiger partial charge in [-0.15, -0.1) is 0 Å². The van der Waals surface area contributed by atoms with E-state index in [0.29, 0.717) is 0 Å². The minimum Gasteiger partial charge on any atom is -0.311 e. The summed E-state index contributed by atoms with van der Waals surface area (Å²) in [4.78, 5) is 0. The van der Waals surface area contributed by atoms with Crippen molar-refractivity contribution in [1.29, 1.82) is 0 Å². The highest BCUT2D eigenvalue weighted by atomic mass is 15.0. The fourth-order valence-corrected chi connectivity index (χ4v) is 3.95. The van der Waals surface area contributed by atoms with E-state index in [0.717, 1.165) is 29.8 Å². The molecule has 0 aromatic carbocycles. The Hall–Kier alpha value is -0.0400. The highest BCUT2D eigenvalue weighted by molar-refractivity contribution is 4.84. The average molecular weight is 237 g/mol. The third-order valence-electron chi connectivity index (χ3n) is 5.26. The molecule has 0 aromatic heterocycles. The van der Waals surface area contributed by atoms with Gasteiger partial charge in [-0.25, -0.2) is 0 Å². The zero-order valence-electron chi connectivity index (χ0n) is 12.0. The average Bonchev–Trinajstić information content (AvgIpc) is 2.82. The number of rotatable bonds is 4. The van der Waals surface area contributed by atoms with E-state index in [9.17, 15) is 0 Å². The van der Waals surface area contributed by atoms with Crippen molar-refractivity contribution in [2.45, 2.75) is 84.2 Å². The second kappa shape index (κ2) is 6.22. The third-order valence-corrected chi connectivity index (χ3v) is 5.26. The van der Waals surface area contributed by atoms with Gasteiger partial charge in [0.25, 0.3) is 0 Å². The normalized spacial score (nSPS) is 33.2. The van der Waals surface area contributed by atoms with E-state index in [-0.39, 0.29) is 0 Å². The standard InChI is InChI=1S/C16H31N/c1-12(2)15-9-6-10-16(11-15)17-13(3)14-7-4-5-8-14/h12-17H,4-11H2,1-3H3/t13-,15?,16?/m1/s1. The minimum absolute atomic E-state index is 0.758. The molecule has 0 aromatic rings. The summed E-state index contributed by atoms with van der Waals surface area (Å²) in [7, 11) is 0. The highest BCUT2D eigenvalue weighted by Gasteiger charge is 2.27. The van der Waals surface area contributed by atoms with E-state index in [4.69, 9.17) is 0 Å². The van der Waals surface area contributed by atoms with Gasteiger partial charge in [0.05, 0.1) is 0 Å². The smallest absolute Gasteiger partial charge is 0.00723 e. The second-order valence-corrected chi connectivity index (χ2v) is 6.87. The molecule has 2 aliphatic carbocycles. The maximum atomic E-state index is 3.95. The van der Waals surface area contributed by atoms with Gasteiger partial charge in [-0.05, 0) is 50.4 Å². The van der Waals surface area contributed by atoms with Crippen molar-refractivity contribution in [2.24, 2.45) is 17.8 Å². The van der Waals surface area contributed by atoms with Crippen molar-refractivity contribution in [1.82, 2.24) is 5.32 Å². The van der Waals surface area contributed by atoms with Gasteiger partial charge < -0.3 is 5.32 Å². The predicted molar refractivity (Wildman–Crippen MR) is 75.1 cm³/mol. The van der Waals surface area contributed by atoms with Crippen LogP contribution < -0.4 is 5.32 Å². The molecule has 1 heteroatoms. The summed E-state index contributed by atoms with van der Waals surface area (Å²) in [6.45, 7) is 7.22. The van der Waals surface area contributed by atoms with Gasteiger partial charge in [-0.1, -0.05) is 39.5 Å². The molecule has 2 unspecified atom stereocenters. The van der Waals surface area contributed by atoms with Crippen LogP contribution in [0.4, 0.5) is 0 Å². The molecule has 2 saturated carbocycles. The lowest BCUT2D eigenvalue weighted by Crippen LogP contribution is -2.43. The Bertz CT molecular complexity index is 218. The molecule has 2 fully saturated rings. The van der Waals surface area contributed by atoms with Gasteiger partial charge in [-0.2, -0.15) is 0 Å². The van der Waals surface area contributed by atoms with E-state index < -0.39 is 0 Å². The number of nitrogens with one attached hydrogen (secondary N) is 1. The Labute approximate surface area is 108 Å². The molecule has 3 atom stereocenters. The van der Waals surface area contributed by atoms with Crippen molar-refractivity contribution in [3.05, 3.63) is 0 Å². The highest BCUT2D eigenvalue weighted by Crippen LogP contribution is 2.32. The van der Waals surface area contributed by atoms with Crippen LogP contribution in [0.1, 0.15) is 72.1 Å². The number of hydrogen-bond acceptors (Lipinski definition) is 1. The maximum absolute atomic E-state index is 3.95. The molecule has 0 bridgehead atoms. The molecule has 0 radical (unpaired) electrons. The molecule has 1 N–H and O–H groups in total. The van der Waals surface area contributed by atoms with Crippen molar-refractivity contribution >= 4 is 0 Å². The summed E-state index contributed by atoms with van der Waals surface area (Å²) >= 11 is 0. The van der Waals surface area contributed by atoms with Gasteiger partial charge in [0.2, 0.25) is 0 Å². The topological polar surface area (TPSA) is 12.0 Å². The van der Waals surface area contributed by atoms with Gasteiger partial charge in [0, 0.05) is 12.1 Å². The van der Waals surface area contributed by atoms with Crippen LogP contribution in [0.25, 0.3) is 0 Å². The summed E-state index contributed by atoms with van der Waals surface area (Å²) in [5.41, 5.74) is 0. The maximum Gasteiger partial charge on any atom is 0.00723 e. The van der Waals surface area contributed by atoms with Crippen molar-refractivity contribution in [3.8, 4) is 0 Å². The Kier molecular flexibility index (Phi) is 4.90. The zero-order chi connectivity index (χ0) is 12.3. The number of hydrogen-bond donors (Lipinski definition) is 1. The van der Waals surface area contributed by atoms with Gasteiger partial charge in [0.15, 0.2) is 0 Å². The van der Waals surface area contributed by atoms with Gasteiger partial charge in [-0.3, -0.25) is 0 Å². The summed E-state index contributed by atoms with van der Waals surface area (Å²) < 4.78 is 0. The van der Waals surface area contributed by atoms with E-state index in [1.165, 1.54) is 51.4 Å². The molecule has 100 valence electrons. The Morgan fingerprint density at radius 2 is 1.47 bits per heavy atom. The Balaban J connectivity index is 1.77. The van der Waals surface area contributed by atoms with Crippen LogP contribution in [0.2, 0.25) is 0 Å². The summed E-state index contributed by atoms with van der Waals surface area (Å²) in [5, 5.41) is 3.95. The van der Waals surface area contributed by atoms with E-state index in [1.54, 1.807) is 0 Å². The molecular formula is C16H31N. The van der Waals surface area contributed by atoms with Crippen molar-refractivity contribution < 1.29 is 0 Å². The largest absolute Gasteiger partial charge is 0.311 e. The van der Waals surface area contributed by atoms with Gasteiger partial charge >= 0.3 is 0 Å². The first-order chi connectivity index (χ1) is 8.16. The summed E-state index contributed by atoms with van der Waals surface area (Å²) in [6.07, 6.45) is 11.6. The molecule has 0 saturated heterocycles. The second-order valence-electron chi connectivity index (χ2n) is 6.87. The van der Waals surface area contributed by atoms with Crippen LogP contribution in [0.3, 0.4) is 0 Å². The fraction of sp³-hybridized carbons (Fsp3) is 1.00. The molecule has 0 amide bonds. The summed E-state index contributed by atoms with van der Waals surface area (Å²) in [5.74, 6) is 2.81. The van der Waals surface area contributed by atoms with E-state index in [2.05, 4.69) is 26.1 Å². The quantitative estimate of drug-likeness (QED) is 0.765. The SMILES string of the molecule is CC(C)C1CCCC(N[C@H](C)C2CCCC2)C1. The summed E-state index contributed by atoms with van der Waals surface area (Å²) in [6, 6.07) is 1.57. The minimum atomic E-state index is 0.758.